The Bertz CT molecular complexity index is 851. The van der Waals surface area contributed by atoms with Crippen LogP contribution in [0.1, 0.15) is 31.2 Å². The van der Waals surface area contributed by atoms with Crippen molar-refractivity contribution >= 4 is 11.6 Å². The number of hydrogen-bond donors (Lipinski definition) is 0. The molecule has 7 heteroatoms. The summed E-state index contributed by atoms with van der Waals surface area (Å²) in [5.74, 6) is 2.61. The molecule has 1 aromatic carbocycles. The number of amides is 1. The summed E-state index contributed by atoms with van der Waals surface area (Å²) in [7, 11) is 5.26. The smallest absolute Gasteiger partial charge is 0.244 e. The molecule has 0 saturated carbocycles. The molecule has 2 saturated heterocycles. The van der Waals surface area contributed by atoms with Gasteiger partial charge in [-0.3, -0.25) is 14.4 Å². The minimum Gasteiger partial charge on any atom is -0.497 e. The highest BCUT2D eigenvalue weighted by Gasteiger charge is 2.38. The van der Waals surface area contributed by atoms with E-state index in [-0.39, 0.29) is 11.9 Å². The number of aryl methyl sites for hydroxylation is 2. The molecule has 1 atom stereocenters. The maximum absolute atomic E-state index is 13.0. The molecule has 2 aromatic rings. The number of carbonyl (C=O) groups excluding carboxylic acids is 1. The van der Waals surface area contributed by atoms with Gasteiger partial charge in [-0.1, -0.05) is 0 Å². The fraction of sp³-hybridized carbons (Fsp3) is 0.565. The lowest BCUT2D eigenvalue weighted by molar-refractivity contribution is -0.122. The van der Waals surface area contributed by atoms with Gasteiger partial charge in [-0.25, -0.2) is 0 Å². The zero-order valence-electron chi connectivity index (χ0n) is 18.2. The van der Waals surface area contributed by atoms with Crippen molar-refractivity contribution in [3.8, 4) is 11.5 Å². The number of rotatable bonds is 7. The lowest BCUT2D eigenvalue weighted by Crippen LogP contribution is -2.45. The second-order valence-corrected chi connectivity index (χ2v) is 8.41. The first-order valence-corrected chi connectivity index (χ1v) is 10.8. The summed E-state index contributed by atoms with van der Waals surface area (Å²) >= 11 is 0. The topological polar surface area (TPSA) is 59.8 Å². The highest BCUT2D eigenvalue weighted by molar-refractivity contribution is 5.99. The van der Waals surface area contributed by atoms with Crippen LogP contribution in [-0.2, 0) is 18.3 Å². The van der Waals surface area contributed by atoms with Crippen LogP contribution in [0.4, 0.5) is 5.69 Å². The van der Waals surface area contributed by atoms with Gasteiger partial charge in [-0.2, -0.15) is 5.10 Å². The SMILES string of the molecule is COc1cc(CCC2CCN(C3CCN(c4cnn(C)c4)C3=O)CC2)cc(OC)c1. The summed E-state index contributed by atoms with van der Waals surface area (Å²) in [6, 6.07) is 6.13. The highest BCUT2D eigenvalue weighted by Crippen LogP contribution is 2.30. The zero-order valence-corrected chi connectivity index (χ0v) is 18.2. The van der Waals surface area contributed by atoms with Crippen molar-refractivity contribution in [2.45, 2.75) is 38.1 Å². The number of carbonyl (C=O) groups is 1. The van der Waals surface area contributed by atoms with Gasteiger partial charge >= 0.3 is 0 Å². The Morgan fingerprint density at radius 3 is 2.33 bits per heavy atom. The number of nitrogens with zero attached hydrogens (tertiary/aromatic N) is 4. The van der Waals surface area contributed by atoms with Crippen molar-refractivity contribution in [1.82, 2.24) is 14.7 Å². The summed E-state index contributed by atoms with van der Waals surface area (Å²) in [6.07, 6.45) is 9.08. The molecular formula is C23H32N4O3. The number of likely N-dealkylation sites (tertiary alicyclic amines) is 1. The van der Waals surface area contributed by atoms with Crippen LogP contribution >= 0.6 is 0 Å². The van der Waals surface area contributed by atoms with Crippen LogP contribution in [0.15, 0.2) is 30.6 Å². The summed E-state index contributed by atoms with van der Waals surface area (Å²) in [6.45, 7) is 2.79. The Morgan fingerprint density at radius 1 is 1.03 bits per heavy atom. The molecule has 1 aromatic heterocycles. The largest absolute Gasteiger partial charge is 0.497 e. The van der Waals surface area contributed by atoms with Crippen molar-refractivity contribution in [1.29, 1.82) is 0 Å². The van der Waals surface area contributed by atoms with Crippen LogP contribution in [-0.4, -0.2) is 60.5 Å². The first-order chi connectivity index (χ1) is 14.6. The third kappa shape index (κ3) is 4.46. The van der Waals surface area contributed by atoms with Crippen LogP contribution < -0.4 is 14.4 Å². The van der Waals surface area contributed by atoms with Gasteiger partial charge in [0, 0.05) is 25.9 Å². The fourth-order valence-electron chi connectivity index (χ4n) is 4.74. The normalized spacial score (nSPS) is 20.7. The lowest BCUT2D eigenvalue weighted by atomic mass is 9.89. The summed E-state index contributed by atoms with van der Waals surface area (Å²) in [4.78, 5) is 17.2. The molecule has 2 aliphatic heterocycles. The predicted octanol–water partition coefficient (Wildman–Crippen LogP) is 2.89. The van der Waals surface area contributed by atoms with Crippen LogP contribution in [0.5, 0.6) is 11.5 Å². The molecule has 1 amide bonds. The lowest BCUT2D eigenvalue weighted by Gasteiger charge is -2.35. The molecule has 0 spiro atoms. The molecule has 162 valence electrons. The van der Waals surface area contributed by atoms with Crippen LogP contribution in [0.25, 0.3) is 0 Å². The number of benzene rings is 1. The van der Waals surface area contributed by atoms with E-state index in [2.05, 4.69) is 22.1 Å². The van der Waals surface area contributed by atoms with Gasteiger partial charge in [-0.15, -0.1) is 0 Å². The summed E-state index contributed by atoms with van der Waals surface area (Å²) in [5.41, 5.74) is 2.17. The second-order valence-electron chi connectivity index (χ2n) is 8.41. The van der Waals surface area contributed by atoms with E-state index in [1.165, 1.54) is 5.56 Å². The Morgan fingerprint density at radius 2 is 1.73 bits per heavy atom. The van der Waals surface area contributed by atoms with Crippen molar-refractivity contribution in [3.63, 3.8) is 0 Å². The van der Waals surface area contributed by atoms with E-state index in [4.69, 9.17) is 9.47 Å². The third-order valence-electron chi connectivity index (χ3n) is 6.52. The average Bonchev–Trinajstić information content (AvgIpc) is 3.37. The van der Waals surface area contributed by atoms with Crippen molar-refractivity contribution in [3.05, 3.63) is 36.2 Å². The molecule has 4 rings (SSSR count). The highest BCUT2D eigenvalue weighted by atomic mass is 16.5. The zero-order chi connectivity index (χ0) is 21.1. The van der Waals surface area contributed by atoms with E-state index in [1.807, 2.05) is 24.2 Å². The Hall–Kier alpha value is -2.54. The molecule has 0 radical (unpaired) electrons. The van der Waals surface area contributed by atoms with Crippen LogP contribution in [0, 0.1) is 5.92 Å². The molecule has 0 N–H and O–H groups in total. The van der Waals surface area contributed by atoms with Crippen molar-refractivity contribution < 1.29 is 14.3 Å². The second kappa shape index (κ2) is 9.08. The minimum absolute atomic E-state index is 0.0220. The molecule has 0 bridgehead atoms. The van der Waals surface area contributed by atoms with E-state index in [1.54, 1.807) is 25.1 Å². The summed E-state index contributed by atoms with van der Waals surface area (Å²) in [5, 5.41) is 4.20. The number of anilines is 1. The molecule has 2 aliphatic rings. The van der Waals surface area contributed by atoms with Crippen LogP contribution in [0.3, 0.4) is 0 Å². The van der Waals surface area contributed by atoms with E-state index in [0.29, 0.717) is 5.92 Å². The standard InChI is InChI=1S/C23H32N4O3/c1-25-16-19(15-24-25)27-11-8-22(23(27)28)26-9-6-17(7-10-26)4-5-18-12-20(29-2)14-21(13-18)30-3/h12-17,22H,4-11H2,1-3H3. The van der Waals surface area contributed by atoms with Gasteiger partial charge < -0.3 is 14.4 Å². The fourth-order valence-corrected chi connectivity index (χ4v) is 4.74. The Balaban J connectivity index is 1.28. The third-order valence-corrected chi connectivity index (χ3v) is 6.52. The number of ether oxygens (including phenoxy) is 2. The molecular weight excluding hydrogens is 380 g/mol. The van der Waals surface area contributed by atoms with Gasteiger partial charge in [-0.05, 0) is 68.8 Å². The number of methoxy groups -OCH3 is 2. The van der Waals surface area contributed by atoms with Crippen molar-refractivity contribution in [2.24, 2.45) is 13.0 Å². The maximum Gasteiger partial charge on any atom is 0.244 e. The van der Waals surface area contributed by atoms with Gasteiger partial charge in [0.2, 0.25) is 5.91 Å². The van der Waals surface area contributed by atoms with Crippen LogP contribution in [0.2, 0.25) is 0 Å². The summed E-state index contributed by atoms with van der Waals surface area (Å²) < 4.78 is 12.5. The quantitative estimate of drug-likeness (QED) is 0.700. The molecule has 1 unspecified atom stereocenters. The molecule has 3 heterocycles. The maximum atomic E-state index is 13.0. The number of hydrogen-bond acceptors (Lipinski definition) is 5. The molecule has 30 heavy (non-hydrogen) atoms. The average molecular weight is 413 g/mol. The van der Waals surface area contributed by atoms with E-state index in [9.17, 15) is 4.79 Å². The Kier molecular flexibility index (Phi) is 6.27. The molecule has 7 nitrogen and oxygen atoms in total. The van der Waals surface area contributed by atoms with Gasteiger partial charge in [0.1, 0.15) is 11.5 Å². The van der Waals surface area contributed by atoms with E-state index in [0.717, 1.165) is 68.9 Å². The predicted molar refractivity (Wildman–Crippen MR) is 116 cm³/mol. The first-order valence-electron chi connectivity index (χ1n) is 10.8. The molecule has 0 aliphatic carbocycles. The van der Waals surface area contributed by atoms with Gasteiger partial charge in [0.05, 0.1) is 32.1 Å². The van der Waals surface area contributed by atoms with Gasteiger partial charge in [0.25, 0.3) is 0 Å². The minimum atomic E-state index is 0.0220. The molecule has 2 fully saturated rings. The first kappa shape index (κ1) is 20.7. The van der Waals surface area contributed by atoms with E-state index >= 15 is 0 Å². The van der Waals surface area contributed by atoms with Gasteiger partial charge in [0.15, 0.2) is 0 Å². The monoisotopic (exact) mass is 412 g/mol. The Labute approximate surface area is 178 Å². The van der Waals surface area contributed by atoms with Crippen molar-refractivity contribution in [2.75, 3.05) is 38.8 Å². The van der Waals surface area contributed by atoms with E-state index < -0.39 is 0 Å². The number of piperidine rings is 1. The number of aromatic nitrogens is 2.